The quantitative estimate of drug-likeness (QED) is 0.859. The molecule has 1 saturated carbocycles. The first kappa shape index (κ1) is 17.9. The Labute approximate surface area is 138 Å². The highest BCUT2D eigenvalue weighted by atomic mass is 32.2. The average molecular weight is 339 g/mol. The molecule has 2 unspecified atom stereocenters. The lowest BCUT2D eigenvalue weighted by molar-refractivity contribution is -0.136. The van der Waals surface area contributed by atoms with E-state index in [4.69, 9.17) is 5.11 Å². The molecule has 6 heteroatoms. The first-order chi connectivity index (χ1) is 10.8. The minimum atomic E-state index is -3.08. The largest absolute Gasteiger partial charge is 0.481 e. The Morgan fingerprint density at radius 2 is 1.83 bits per heavy atom. The predicted octanol–water partition coefficient (Wildman–Crippen LogP) is 2.10. The van der Waals surface area contributed by atoms with Crippen molar-refractivity contribution in [3.63, 3.8) is 0 Å². The third-order valence-electron chi connectivity index (χ3n) is 4.66. The summed E-state index contributed by atoms with van der Waals surface area (Å²) in [6.45, 7) is 0.570. The van der Waals surface area contributed by atoms with E-state index in [-0.39, 0.29) is 17.7 Å². The smallest absolute Gasteiger partial charge is 0.307 e. The van der Waals surface area contributed by atoms with Crippen LogP contribution in [-0.2, 0) is 27.6 Å². The van der Waals surface area contributed by atoms with Gasteiger partial charge in [0.25, 0.3) is 0 Å². The highest BCUT2D eigenvalue weighted by Gasteiger charge is 2.35. The van der Waals surface area contributed by atoms with Gasteiger partial charge in [-0.15, -0.1) is 0 Å². The van der Waals surface area contributed by atoms with Gasteiger partial charge < -0.3 is 5.11 Å². The number of aliphatic carboxylic acids is 1. The Hall–Kier alpha value is -1.40. The zero-order valence-electron chi connectivity index (χ0n) is 13.7. The van der Waals surface area contributed by atoms with Crippen molar-refractivity contribution in [1.29, 1.82) is 0 Å². The van der Waals surface area contributed by atoms with Crippen LogP contribution in [0, 0.1) is 0 Å². The number of carbonyl (C=O) groups is 1. The van der Waals surface area contributed by atoms with Crippen molar-refractivity contribution in [3.8, 4) is 0 Å². The monoisotopic (exact) mass is 339 g/mol. The number of hydrogen-bond acceptors (Lipinski definition) is 4. The number of carboxylic acid groups (broad SMARTS) is 1. The van der Waals surface area contributed by atoms with Gasteiger partial charge in [0.2, 0.25) is 0 Å². The van der Waals surface area contributed by atoms with Gasteiger partial charge in [0.15, 0.2) is 9.84 Å². The van der Waals surface area contributed by atoms with E-state index < -0.39 is 15.8 Å². The Kier molecular flexibility index (Phi) is 5.81. The van der Waals surface area contributed by atoms with Gasteiger partial charge in [-0.2, -0.15) is 0 Å². The van der Waals surface area contributed by atoms with Crippen molar-refractivity contribution >= 4 is 15.8 Å². The van der Waals surface area contributed by atoms with Gasteiger partial charge in [0, 0.05) is 18.8 Å². The maximum atomic E-state index is 12.1. The number of rotatable bonds is 6. The van der Waals surface area contributed by atoms with Crippen LogP contribution in [-0.4, -0.2) is 49.0 Å². The fourth-order valence-electron chi connectivity index (χ4n) is 3.51. The fourth-order valence-corrected chi connectivity index (χ4v) is 5.02. The molecule has 0 bridgehead atoms. The van der Waals surface area contributed by atoms with Crippen LogP contribution in [0.1, 0.15) is 36.8 Å². The number of nitrogens with zero attached hydrogens (tertiary/aromatic N) is 1. The molecule has 1 aliphatic carbocycles. The minimum Gasteiger partial charge on any atom is -0.481 e. The molecular formula is C17H25NO4S. The van der Waals surface area contributed by atoms with E-state index in [0.29, 0.717) is 13.0 Å². The molecule has 128 valence electrons. The van der Waals surface area contributed by atoms with Crippen LogP contribution in [0.25, 0.3) is 0 Å². The molecule has 2 atom stereocenters. The van der Waals surface area contributed by atoms with Gasteiger partial charge in [0.1, 0.15) is 0 Å². The van der Waals surface area contributed by atoms with Crippen molar-refractivity contribution in [2.24, 2.45) is 0 Å². The Morgan fingerprint density at radius 1 is 1.22 bits per heavy atom. The highest BCUT2D eigenvalue weighted by molar-refractivity contribution is 7.91. The topological polar surface area (TPSA) is 74.7 Å². The van der Waals surface area contributed by atoms with E-state index >= 15 is 0 Å². The van der Waals surface area contributed by atoms with Gasteiger partial charge in [-0.05, 0) is 31.0 Å². The van der Waals surface area contributed by atoms with Crippen LogP contribution in [0.2, 0.25) is 0 Å². The minimum absolute atomic E-state index is 0.00312. The van der Waals surface area contributed by atoms with Crippen LogP contribution in [0.4, 0.5) is 0 Å². The summed E-state index contributed by atoms with van der Waals surface area (Å²) in [6.07, 6.45) is 4.89. The van der Waals surface area contributed by atoms with Crippen LogP contribution in [0.15, 0.2) is 24.3 Å². The lowest BCUT2D eigenvalue weighted by Gasteiger charge is -2.37. The molecule has 23 heavy (non-hydrogen) atoms. The second-order valence-corrected chi connectivity index (χ2v) is 8.74. The second-order valence-electron chi connectivity index (χ2n) is 6.47. The molecule has 1 aromatic carbocycles. The summed E-state index contributed by atoms with van der Waals surface area (Å²) < 4.78 is 24.1. The molecule has 5 nitrogen and oxygen atoms in total. The van der Waals surface area contributed by atoms with Crippen molar-refractivity contribution in [2.75, 3.05) is 13.3 Å². The van der Waals surface area contributed by atoms with E-state index in [2.05, 4.69) is 4.90 Å². The molecule has 1 fully saturated rings. The zero-order chi connectivity index (χ0) is 17.0. The standard InChI is InChI=1S/C17H25NO4S/c1-18(15-9-5-6-10-16(15)23(2,21)22)12-14-8-4-3-7-13(14)11-17(19)20/h3-4,7-8,15-16H,5-6,9-12H2,1-2H3,(H,19,20). The van der Waals surface area contributed by atoms with Gasteiger partial charge in [-0.1, -0.05) is 37.1 Å². The summed E-state index contributed by atoms with van der Waals surface area (Å²) in [7, 11) is -1.14. The highest BCUT2D eigenvalue weighted by Crippen LogP contribution is 2.28. The van der Waals surface area contributed by atoms with Gasteiger partial charge in [-0.3, -0.25) is 9.69 Å². The molecule has 1 aromatic rings. The van der Waals surface area contributed by atoms with Crippen molar-refractivity contribution in [3.05, 3.63) is 35.4 Å². The number of carboxylic acids is 1. The maximum absolute atomic E-state index is 12.1. The Bertz CT molecular complexity index is 656. The summed E-state index contributed by atoms with van der Waals surface area (Å²) >= 11 is 0. The number of sulfone groups is 1. The third kappa shape index (κ3) is 4.78. The molecule has 0 aromatic heterocycles. The van der Waals surface area contributed by atoms with Gasteiger partial charge in [-0.25, -0.2) is 8.42 Å². The molecule has 2 rings (SSSR count). The molecule has 1 aliphatic rings. The number of benzene rings is 1. The third-order valence-corrected chi connectivity index (χ3v) is 6.31. The zero-order valence-corrected chi connectivity index (χ0v) is 14.6. The molecule has 0 spiro atoms. The van der Waals surface area contributed by atoms with E-state index in [1.807, 2.05) is 31.3 Å². The molecule has 0 aliphatic heterocycles. The van der Waals surface area contributed by atoms with E-state index in [0.717, 1.165) is 30.4 Å². The summed E-state index contributed by atoms with van der Waals surface area (Å²) in [4.78, 5) is 13.1. The lowest BCUT2D eigenvalue weighted by Crippen LogP contribution is -2.46. The summed E-state index contributed by atoms with van der Waals surface area (Å²) in [6, 6.07) is 7.47. The molecule has 0 heterocycles. The second kappa shape index (κ2) is 7.45. The molecule has 0 amide bonds. The first-order valence-electron chi connectivity index (χ1n) is 7.96. The summed E-state index contributed by atoms with van der Waals surface area (Å²) in [5.74, 6) is -0.855. The summed E-state index contributed by atoms with van der Waals surface area (Å²) in [5.41, 5.74) is 1.74. The average Bonchev–Trinajstić information content (AvgIpc) is 2.48. The maximum Gasteiger partial charge on any atom is 0.307 e. The van der Waals surface area contributed by atoms with Crippen LogP contribution in [0.3, 0.4) is 0 Å². The predicted molar refractivity (Wildman–Crippen MR) is 90.1 cm³/mol. The van der Waals surface area contributed by atoms with E-state index in [9.17, 15) is 13.2 Å². The Morgan fingerprint density at radius 3 is 2.43 bits per heavy atom. The SMILES string of the molecule is CN(Cc1ccccc1CC(=O)O)C1CCCCC1S(C)(=O)=O. The molecular weight excluding hydrogens is 314 g/mol. The van der Waals surface area contributed by atoms with E-state index in [1.54, 1.807) is 0 Å². The summed E-state index contributed by atoms with van der Waals surface area (Å²) in [5, 5.41) is 8.70. The molecule has 1 N–H and O–H groups in total. The van der Waals surface area contributed by atoms with Crippen LogP contribution < -0.4 is 0 Å². The van der Waals surface area contributed by atoms with Crippen molar-refractivity contribution in [1.82, 2.24) is 4.90 Å². The molecule has 0 saturated heterocycles. The van der Waals surface area contributed by atoms with Gasteiger partial charge in [0.05, 0.1) is 11.7 Å². The van der Waals surface area contributed by atoms with E-state index in [1.165, 1.54) is 6.26 Å². The van der Waals surface area contributed by atoms with Crippen molar-refractivity contribution < 1.29 is 18.3 Å². The van der Waals surface area contributed by atoms with Crippen LogP contribution >= 0.6 is 0 Å². The lowest BCUT2D eigenvalue weighted by atomic mass is 9.93. The first-order valence-corrected chi connectivity index (χ1v) is 9.92. The fraction of sp³-hybridized carbons (Fsp3) is 0.588. The van der Waals surface area contributed by atoms with Crippen LogP contribution in [0.5, 0.6) is 0 Å². The number of hydrogen-bond donors (Lipinski definition) is 1. The normalized spacial score (nSPS) is 22.2. The molecule has 0 radical (unpaired) electrons. The van der Waals surface area contributed by atoms with Crippen molar-refractivity contribution in [2.45, 2.75) is 49.9 Å². The van der Waals surface area contributed by atoms with Gasteiger partial charge >= 0.3 is 5.97 Å². The Balaban J connectivity index is 2.17.